The number of nitrogens with zero attached hydrogens (tertiary/aromatic N) is 2. The lowest BCUT2D eigenvalue weighted by atomic mass is 9.97. The number of hydrogen-bond acceptors (Lipinski definition) is 5. The van der Waals surface area contributed by atoms with E-state index in [1.807, 2.05) is 24.3 Å². The molecule has 2 rings (SSSR count). The van der Waals surface area contributed by atoms with E-state index >= 15 is 0 Å². The Labute approximate surface area is 154 Å². The van der Waals surface area contributed by atoms with Crippen LogP contribution in [0.3, 0.4) is 0 Å². The molecule has 0 unspecified atom stereocenters. The predicted octanol–water partition coefficient (Wildman–Crippen LogP) is 1.67. The van der Waals surface area contributed by atoms with Gasteiger partial charge < -0.3 is 19.5 Å². The number of benzene rings is 1. The van der Waals surface area contributed by atoms with Crippen molar-refractivity contribution in [2.75, 3.05) is 40.9 Å². The summed E-state index contributed by atoms with van der Waals surface area (Å²) in [6.45, 7) is 2.70. The lowest BCUT2D eigenvalue weighted by Gasteiger charge is -2.30. The van der Waals surface area contributed by atoms with Crippen molar-refractivity contribution < 1.29 is 24.2 Å². The maximum atomic E-state index is 12.5. The molecule has 1 aliphatic heterocycles. The van der Waals surface area contributed by atoms with Gasteiger partial charge in [-0.05, 0) is 43.6 Å². The first-order valence-corrected chi connectivity index (χ1v) is 8.79. The van der Waals surface area contributed by atoms with Crippen LogP contribution in [0.1, 0.15) is 28.8 Å². The SMILES string of the molecule is COC(CN(C)C(=O)c1ccc(CN2CCC(C(=O)O)CC2)cc1)OC. The number of carbonyl (C=O) groups is 2. The zero-order valence-electron chi connectivity index (χ0n) is 15.7. The average molecular weight is 364 g/mol. The van der Waals surface area contributed by atoms with Crippen LogP contribution >= 0.6 is 0 Å². The van der Waals surface area contributed by atoms with Gasteiger partial charge in [0.15, 0.2) is 6.29 Å². The summed E-state index contributed by atoms with van der Waals surface area (Å²) in [6, 6.07) is 7.56. The fourth-order valence-electron chi connectivity index (χ4n) is 3.12. The summed E-state index contributed by atoms with van der Waals surface area (Å²) < 4.78 is 10.2. The lowest BCUT2D eigenvalue weighted by Crippen LogP contribution is -2.36. The number of piperidine rings is 1. The van der Waals surface area contributed by atoms with Crippen LogP contribution in [0.25, 0.3) is 0 Å². The number of aliphatic carboxylic acids is 1. The molecule has 0 aromatic heterocycles. The van der Waals surface area contributed by atoms with Crippen molar-refractivity contribution in [2.45, 2.75) is 25.7 Å². The molecule has 0 bridgehead atoms. The van der Waals surface area contributed by atoms with Crippen LogP contribution in [0, 0.1) is 5.92 Å². The molecule has 0 saturated carbocycles. The maximum absolute atomic E-state index is 12.5. The number of ether oxygens (including phenoxy) is 2. The molecule has 1 amide bonds. The third kappa shape index (κ3) is 5.52. The van der Waals surface area contributed by atoms with Crippen LogP contribution in [0.5, 0.6) is 0 Å². The number of carboxylic acids is 1. The highest BCUT2D eigenvalue weighted by Gasteiger charge is 2.24. The van der Waals surface area contributed by atoms with E-state index in [1.165, 1.54) is 0 Å². The lowest BCUT2D eigenvalue weighted by molar-refractivity contribution is -0.143. The van der Waals surface area contributed by atoms with E-state index in [1.54, 1.807) is 26.2 Å². The molecule has 0 atom stereocenters. The van der Waals surface area contributed by atoms with Gasteiger partial charge in [0.05, 0.1) is 12.5 Å². The Morgan fingerprint density at radius 2 is 1.77 bits per heavy atom. The molecule has 26 heavy (non-hydrogen) atoms. The molecule has 144 valence electrons. The summed E-state index contributed by atoms with van der Waals surface area (Å²) >= 11 is 0. The molecule has 1 N–H and O–H groups in total. The van der Waals surface area contributed by atoms with E-state index in [4.69, 9.17) is 14.6 Å². The van der Waals surface area contributed by atoms with E-state index in [9.17, 15) is 9.59 Å². The Kier molecular flexibility index (Phi) is 7.56. The predicted molar refractivity (Wildman–Crippen MR) is 96.8 cm³/mol. The molecule has 1 aromatic rings. The normalized spacial score (nSPS) is 16.0. The number of likely N-dealkylation sites (tertiary alicyclic amines) is 1. The molecular formula is C19H28N2O5. The molecule has 7 heteroatoms. The highest BCUT2D eigenvalue weighted by molar-refractivity contribution is 5.94. The minimum atomic E-state index is -0.694. The zero-order chi connectivity index (χ0) is 19.1. The van der Waals surface area contributed by atoms with Crippen molar-refractivity contribution in [2.24, 2.45) is 5.92 Å². The van der Waals surface area contributed by atoms with E-state index in [-0.39, 0.29) is 11.8 Å². The highest BCUT2D eigenvalue weighted by Crippen LogP contribution is 2.19. The van der Waals surface area contributed by atoms with Crippen molar-refractivity contribution >= 4 is 11.9 Å². The summed E-state index contributed by atoms with van der Waals surface area (Å²) in [5.41, 5.74) is 1.73. The summed E-state index contributed by atoms with van der Waals surface area (Å²) in [5, 5.41) is 9.06. The Morgan fingerprint density at radius 1 is 1.19 bits per heavy atom. The number of carbonyl (C=O) groups excluding carboxylic acids is 1. The molecule has 0 spiro atoms. The van der Waals surface area contributed by atoms with E-state index in [0.717, 1.165) is 25.2 Å². The van der Waals surface area contributed by atoms with Crippen LogP contribution in [0.15, 0.2) is 24.3 Å². The summed E-state index contributed by atoms with van der Waals surface area (Å²) in [4.78, 5) is 27.3. The van der Waals surface area contributed by atoms with Gasteiger partial charge in [0.25, 0.3) is 5.91 Å². The van der Waals surface area contributed by atoms with Gasteiger partial charge in [-0.25, -0.2) is 0 Å². The third-order valence-corrected chi connectivity index (χ3v) is 4.84. The third-order valence-electron chi connectivity index (χ3n) is 4.84. The fourth-order valence-corrected chi connectivity index (χ4v) is 3.12. The van der Waals surface area contributed by atoms with Gasteiger partial charge in [0, 0.05) is 33.4 Å². The van der Waals surface area contributed by atoms with Crippen molar-refractivity contribution in [3.8, 4) is 0 Å². The van der Waals surface area contributed by atoms with Gasteiger partial charge in [-0.2, -0.15) is 0 Å². The van der Waals surface area contributed by atoms with Crippen molar-refractivity contribution in [3.05, 3.63) is 35.4 Å². The van der Waals surface area contributed by atoms with Crippen LogP contribution in [-0.4, -0.2) is 74.0 Å². The summed E-state index contributed by atoms with van der Waals surface area (Å²) in [5.74, 6) is -0.997. The summed E-state index contributed by atoms with van der Waals surface area (Å²) in [7, 11) is 4.80. The Hall–Kier alpha value is -1.96. The van der Waals surface area contributed by atoms with Crippen LogP contribution < -0.4 is 0 Å². The Morgan fingerprint density at radius 3 is 2.27 bits per heavy atom. The van der Waals surface area contributed by atoms with E-state index in [0.29, 0.717) is 24.9 Å². The van der Waals surface area contributed by atoms with Crippen LogP contribution in [0.4, 0.5) is 0 Å². The smallest absolute Gasteiger partial charge is 0.306 e. The second kappa shape index (κ2) is 9.66. The first kappa shape index (κ1) is 20.4. The van der Waals surface area contributed by atoms with Crippen LogP contribution in [0.2, 0.25) is 0 Å². The fraction of sp³-hybridized carbons (Fsp3) is 0.579. The first-order valence-electron chi connectivity index (χ1n) is 8.79. The molecule has 1 heterocycles. The van der Waals surface area contributed by atoms with Crippen molar-refractivity contribution in [1.29, 1.82) is 0 Å². The number of carboxylic acid groups (broad SMARTS) is 1. The van der Waals surface area contributed by atoms with Crippen LogP contribution in [-0.2, 0) is 20.8 Å². The minimum Gasteiger partial charge on any atom is -0.481 e. The monoisotopic (exact) mass is 364 g/mol. The standard InChI is InChI=1S/C19H28N2O5/c1-20(13-17(25-2)26-3)18(22)15-6-4-14(5-7-15)12-21-10-8-16(9-11-21)19(23)24/h4-7,16-17H,8-13H2,1-3H3,(H,23,24). The molecule has 1 fully saturated rings. The van der Waals surface area contributed by atoms with Gasteiger partial charge >= 0.3 is 5.97 Å². The Balaban J connectivity index is 1.88. The number of likely N-dealkylation sites (N-methyl/N-ethyl adjacent to an activating group) is 1. The second-order valence-electron chi connectivity index (χ2n) is 6.67. The number of rotatable bonds is 8. The quantitative estimate of drug-likeness (QED) is 0.707. The van der Waals surface area contributed by atoms with Gasteiger partial charge in [0.1, 0.15) is 0 Å². The molecule has 7 nitrogen and oxygen atoms in total. The molecule has 0 radical (unpaired) electrons. The maximum Gasteiger partial charge on any atom is 0.306 e. The summed E-state index contributed by atoms with van der Waals surface area (Å²) in [6.07, 6.45) is 0.935. The zero-order valence-corrected chi connectivity index (χ0v) is 15.7. The average Bonchev–Trinajstić information content (AvgIpc) is 2.66. The van der Waals surface area contributed by atoms with Crippen molar-refractivity contribution in [1.82, 2.24) is 9.80 Å². The Bertz CT molecular complexity index is 592. The highest BCUT2D eigenvalue weighted by atomic mass is 16.7. The van der Waals surface area contributed by atoms with E-state index < -0.39 is 12.3 Å². The van der Waals surface area contributed by atoms with Crippen molar-refractivity contribution in [3.63, 3.8) is 0 Å². The number of methoxy groups -OCH3 is 2. The number of amides is 1. The number of hydrogen-bond donors (Lipinski definition) is 1. The van der Waals surface area contributed by atoms with Gasteiger partial charge in [-0.3, -0.25) is 14.5 Å². The largest absolute Gasteiger partial charge is 0.481 e. The second-order valence-corrected chi connectivity index (χ2v) is 6.67. The van der Waals surface area contributed by atoms with E-state index in [2.05, 4.69) is 4.90 Å². The molecule has 1 aromatic carbocycles. The molecular weight excluding hydrogens is 336 g/mol. The minimum absolute atomic E-state index is 0.0853. The van der Waals surface area contributed by atoms with Gasteiger partial charge in [0.2, 0.25) is 0 Å². The molecule has 1 saturated heterocycles. The van der Waals surface area contributed by atoms with Gasteiger partial charge in [-0.1, -0.05) is 12.1 Å². The topological polar surface area (TPSA) is 79.3 Å². The van der Waals surface area contributed by atoms with Gasteiger partial charge in [-0.15, -0.1) is 0 Å². The molecule has 0 aliphatic carbocycles. The molecule has 1 aliphatic rings. The first-order chi connectivity index (χ1) is 12.4.